The number of rotatable bonds is 2. The maximum absolute atomic E-state index is 11.9. The summed E-state index contributed by atoms with van der Waals surface area (Å²) in [4.78, 5) is 11.9. The Morgan fingerprint density at radius 1 is 1.00 bits per heavy atom. The molecule has 3 aliphatic rings. The average molecular weight is 239 g/mol. The molecule has 2 saturated carbocycles. The van der Waals surface area contributed by atoms with Gasteiger partial charge in [-0.3, -0.25) is 4.79 Å². The number of nitrogens with one attached hydrogen (secondary N) is 1. The average Bonchev–Trinajstić information content (AvgIpc) is 2.26. The minimum absolute atomic E-state index is 0.198. The van der Waals surface area contributed by atoms with Gasteiger partial charge in [-0.1, -0.05) is 6.42 Å². The number of hydrogen-bond donors (Lipinski definition) is 1. The quantitative estimate of drug-likeness (QED) is 0.788. The fourth-order valence-corrected chi connectivity index (χ4v) is 2.99. The molecule has 17 heavy (non-hydrogen) atoms. The molecule has 3 rings (SSSR count). The summed E-state index contributed by atoms with van der Waals surface area (Å²) in [5.74, 6) is 0.549. The van der Waals surface area contributed by atoms with Gasteiger partial charge in [0.25, 0.3) is 0 Å². The Bertz CT molecular complexity index is 290. The molecule has 3 atom stereocenters. The van der Waals surface area contributed by atoms with Crippen LogP contribution in [0.4, 0.5) is 0 Å². The molecule has 1 heterocycles. The van der Waals surface area contributed by atoms with E-state index in [9.17, 15) is 4.79 Å². The lowest BCUT2D eigenvalue weighted by molar-refractivity contribution is -0.159. The fraction of sp³-hybridized carbons (Fsp3) is 0.923. The van der Waals surface area contributed by atoms with Gasteiger partial charge in [0, 0.05) is 12.0 Å². The number of hydrogen-bond acceptors (Lipinski definition) is 3. The smallest absolute Gasteiger partial charge is 0.223 e. The van der Waals surface area contributed by atoms with Crippen molar-refractivity contribution in [1.29, 1.82) is 0 Å². The van der Waals surface area contributed by atoms with Crippen molar-refractivity contribution in [3.05, 3.63) is 0 Å². The van der Waals surface area contributed by atoms with Crippen molar-refractivity contribution < 1.29 is 14.3 Å². The molecular formula is C13H21NO3. The highest BCUT2D eigenvalue weighted by Crippen LogP contribution is 2.29. The maximum Gasteiger partial charge on any atom is 0.223 e. The zero-order chi connectivity index (χ0) is 11.7. The number of fused-ring (bicyclic) bond motifs is 1. The fourth-order valence-electron chi connectivity index (χ4n) is 2.99. The predicted molar refractivity (Wildman–Crippen MR) is 62.6 cm³/mol. The van der Waals surface area contributed by atoms with Crippen LogP contribution in [0.25, 0.3) is 0 Å². The van der Waals surface area contributed by atoms with E-state index >= 15 is 0 Å². The van der Waals surface area contributed by atoms with E-state index in [-0.39, 0.29) is 24.0 Å². The minimum atomic E-state index is 0.198. The summed E-state index contributed by atoms with van der Waals surface area (Å²) < 4.78 is 11.4. The summed E-state index contributed by atoms with van der Waals surface area (Å²) in [5, 5.41) is 3.18. The van der Waals surface area contributed by atoms with E-state index in [0.717, 1.165) is 38.7 Å². The number of carbonyl (C=O) groups excluding carboxylic acids is 1. The Morgan fingerprint density at radius 3 is 2.47 bits per heavy atom. The lowest BCUT2D eigenvalue weighted by Gasteiger charge is -2.39. The van der Waals surface area contributed by atoms with E-state index in [4.69, 9.17) is 9.47 Å². The third-order valence-corrected chi connectivity index (χ3v) is 4.30. The van der Waals surface area contributed by atoms with Crippen molar-refractivity contribution in [2.45, 2.75) is 56.8 Å². The van der Waals surface area contributed by atoms with E-state index < -0.39 is 0 Å². The Balaban J connectivity index is 1.49. The molecule has 96 valence electrons. The molecule has 2 aliphatic carbocycles. The largest absolute Gasteiger partial charge is 0.373 e. The number of amides is 1. The van der Waals surface area contributed by atoms with Crippen LogP contribution < -0.4 is 5.32 Å². The molecule has 4 nitrogen and oxygen atoms in total. The van der Waals surface area contributed by atoms with Gasteiger partial charge in [-0.15, -0.1) is 0 Å². The normalized spacial score (nSPS) is 38.0. The van der Waals surface area contributed by atoms with E-state index in [2.05, 4.69) is 5.32 Å². The molecule has 0 radical (unpaired) electrons. The first-order chi connectivity index (χ1) is 8.33. The van der Waals surface area contributed by atoms with Crippen LogP contribution in [0, 0.1) is 5.92 Å². The van der Waals surface area contributed by atoms with Gasteiger partial charge in [0.1, 0.15) is 0 Å². The van der Waals surface area contributed by atoms with Gasteiger partial charge in [0.2, 0.25) is 5.91 Å². The Kier molecular flexibility index (Phi) is 3.34. The highest BCUT2D eigenvalue weighted by atomic mass is 16.6. The maximum atomic E-state index is 11.9. The first-order valence-electron chi connectivity index (χ1n) is 6.86. The lowest BCUT2D eigenvalue weighted by Crippen LogP contribution is -2.50. The molecule has 0 spiro atoms. The van der Waals surface area contributed by atoms with Crippen molar-refractivity contribution in [2.75, 3.05) is 13.2 Å². The second-order valence-electron chi connectivity index (χ2n) is 5.46. The molecule has 0 bridgehead atoms. The second kappa shape index (κ2) is 4.94. The molecule has 3 fully saturated rings. The van der Waals surface area contributed by atoms with Crippen LogP contribution in [0.3, 0.4) is 0 Å². The van der Waals surface area contributed by atoms with Gasteiger partial charge in [0.15, 0.2) is 0 Å². The molecule has 1 N–H and O–H groups in total. The SMILES string of the molecule is O=C(N[C@@H]1CC[C@H]2OCCO[C@@H]2C1)C1CCC1. The summed E-state index contributed by atoms with van der Waals surface area (Å²) in [6.45, 7) is 1.42. The van der Waals surface area contributed by atoms with E-state index in [0.29, 0.717) is 12.6 Å². The van der Waals surface area contributed by atoms with Crippen molar-refractivity contribution in [3.8, 4) is 0 Å². The molecule has 0 aromatic heterocycles. The summed E-state index contributed by atoms with van der Waals surface area (Å²) in [6, 6.07) is 0.297. The highest BCUT2D eigenvalue weighted by molar-refractivity contribution is 5.79. The van der Waals surface area contributed by atoms with Crippen LogP contribution in [0.15, 0.2) is 0 Å². The van der Waals surface area contributed by atoms with Gasteiger partial charge in [0.05, 0.1) is 25.4 Å². The van der Waals surface area contributed by atoms with Gasteiger partial charge in [-0.05, 0) is 32.1 Å². The molecule has 1 saturated heterocycles. The minimum Gasteiger partial charge on any atom is -0.373 e. The summed E-state index contributed by atoms with van der Waals surface area (Å²) in [6.07, 6.45) is 6.79. The van der Waals surface area contributed by atoms with Crippen LogP contribution in [0.5, 0.6) is 0 Å². The van der Waals surface area contributed by atoms with Crippen LogP contribution >= 0.6 is 0 Å². The van der Waals surface area contributed by atoms with Crippen LogP contribution in [0.2, 0.25) is 0 Å². The lowest BCUT2D eigenvalue weighted by atomic mass is 9.83. The van der Waals surface area contributed by atoms with Crippen molar-refractivity contribution in [1.82, 2.24) is 5.32 Å². The van der Waals surface area contributed by atoms with Crippen LogP contribution in [0.1, 0.15) is 38.5 Å². The molecule has 0 unspecified atom stereocenters. The molecule has 1 amide bonds. The van der Waals surface area contributed by atoms with Gasteiger partial charge in [-0.25, -0.2) is 0 Å². The van der Waals surface area contributed by atoms with Crippen LogP contribution in [-0.2, 0) is 14.3 Å². The monoisotopic (exact) mass is 239 g/mol. The Morgan fingerprint density at radius 2 is 1.76 bits per heavy atom. The Labute approximate surface area is 102 Å². The summed E-state index contributed by atoms with van der Waals surface area (Å²) in [7, 11) is 0. The molecule has 0 aromatic carbocycles. The van der Waals surface area contributed by atoms with Crippen molar-refractivity contribution in [3.63, 3.8) is 0 Å². The van der Waals surface area contributed by atoms with E-state index in [1.807, 2.05) is 0 Å². The van der Waals surface area contributed by atoms with Gasteiger partial charge < -0.3 is 14.8 Å². The summed E-state index contributed by atoms with van der Waals surface area (Å²) in [5.41, 5.74) is 0. The Hall–Kier alpha value is -0.610. The first kappa shape index (κ1) is 11.5. The number of carbonyl (C=O) groups is 1. The van der Waals surface area contributed by atoms with E-state index in [1.54, 1.807) is 0 Å². The molecule has 4 heteroatoms. The second-order valence-corrected chi connectivity index (χ2v) is 5.46. The summed E-state index contributed by atoms with van der Waals surface area (Å²) >= 11 is 0. The van der Waals surface area contributed by atoms with Crippen molar-refractivity contribution in [2.24, 2.45) is 5.92 Å². The predicted octanol–water partition coefficient (Wildman–Crippen LogP) is 1.24. The first-order valence-corrected chi connectivity index (χ1v) is 6.86. The van der Waals surface area contributed by atoms with Crippen LogP contribution in [-0.4, -0.2) is 37.4 Å². The third kappa shape index (κ3) is 2.47. The zero-order valence-corrected chi connectivity index (χ0v) is 10.2. The van der Waals surface area contributed by atoms with E-state index in [1.165, 1.54) is 6.42 Å². The third-order valence-electron chi connectivity index (χ3n) is 4.30. The molecule has 0 aromatic rings. The highest BCUT2D eigenvalue weighted by Gasteiger charge is 2.35. The molecule has 1 aliphatic heterocycles. The van der Waals surface area contributed by atoms with Gasteiger partial charge >= 0.3 is 0 Å². The topological polar surface area (TPSA) is 47.6 Å². The standard InChI is InChI=1S/C13H21NO3/c15-13(9-2-1-3-9)14-10-4-5-11-12(8-10)17-7-6-16-11/h9-12H,1-8H2,(H,14,15)/t10-,11-,12-/m1/s1. The zero-order valence-electron chi connectivity index (χ0n) is 10.2. The molecular weight excluding hydrogens is 218 g/mol. The number of ether oxygens (including phenoxy) is 2. The van der Waals surface area contributed by atoms with Gasteiger partial charge in [-0.2, -0.15) is 0 Å². The van der Waals surface area contributed by atoms with Crippen molar-refractivity contribution >= 4 is 5.91 Å².